The molecular formula is C26H23N3O4. The standard InChI is InChI=1S/C26H23N3O4/c1-2-18-11-9-10-16-21(18)28-23(30)17-22(26(28)33)29(25(32)20-14-7-4-8-15-20)27-24(31)19-12-5-3-6-13-19/h3-16,22H,2,17H2,1H3,(H,27,31). The molecule has 0 aromatic heterocycles. The van der Waals surface area contributed by atoms with E-state index >= 15 is 0 Å². The summed E-state index contributed by atoms with van der Waals surface area (Å²) in [6, 6.07) is 22.7. The zero-order valence-corrected chi connectivity index (χ0v) is 18.1. The number of amides is 4. The first-order chi connectivity index (χ1) is 16.0. The molecule has 0 saturated carbocycles. The lowest BCUT2D eigenvalue weighted by Gasteiger charge is -2.28. The summed E-state index contributed by atoms with van der Waals surface area (Å²) in [6.07, 6.45) is 0.403. The molecule has 7 heteroatoms. The van der Waals surface area contributed by atoms with Gasteiger partial charge in [0.1, 0.15) is 6.04 Å². The molecule has 0 spiro atoms. The Labute approximate surface area is 191 Å². The maximum Gasteiger partial charge on any atom is 0.273 e. The number of imide groups is 1. The molecule has 166 valence electrons. The van der Waals surface area contributed by atoms with Crippen molar-refractivity contribution >= 4 is 29.3 Å². The topological polar surface area (TPSA) is 86.8 Å². The van der Waals surface area contributed by atoms with Crippen LogP contribution in [0.5, 0.6) is 0 Å². The van der Waals surface area contributed by atoms with Crippen molar-refractivity contribution in [1.29, 1.82) is 0 Å². The third-order valence-electron chi connectivity index (χ3n) is 5.55. The molecule has 1 saturated heterocycles. The number of anilines is 1. The van der Waals surface area contributed by atoms with Crippen molar-refractivity contribution < 1.29 is 19.2 Å². The van der Waals surface area contributed by atoms with Gasteiger partial charge in [-0.2, -0.15) is 0 Å². The third kappa shape index (κ3) is 4.39. The molecule has 0 aliphatic carbocycles. The smallest absolute Gasteiger partial charge is 0.273 e. The van der Waals surface area contributed by atoms with Crippen LogP contribution in [0, 0.1) is 0 Å². The number of para-hydroxylation sites is 1. The summed E-state index contributed by atoms with van der Waals surface area (Å²) in [6.45, 7) is 1.94. The number of benzene rings is 3. The van der Waals surface area contributed by atoms with E-state index in [0.29, 0.717) is 23.2 Å². The van der Waals surface area contributed by atoms with Gasteiger partial charge in [-0.25, -0.2) is 9.91 Å². The summed E-state index contributed by atoms with van der Waals surface area (Å²) >= 11 is 0. The van der Waals surface area contributed by atoms with Crippen LogP contribution in [0.15, 0.2) is 84.9 Å². The highest BCUT2D eigenvalue weighted by atomic mass is 16.2. The normalized spacial score (nSPS) is 15.4. The summed E-state index contributed by atoms with van der Waals surface area (Å²) in [7, 11) is 0. The van der Waals surface area contributed by atoms with E-state index < -0.39 is 29.7 Å². The zero-order valence-electron chi connectivity index (χ0n) is 18.1. The summed E-state index contributed by atoms with van der Waals surface area (Å²) in [4.78, 5) is 53.7. The molecule has 33 heavy (non-hydrogen) atoms. The highest BCUT2D eigenvalue weighted by molar-refractivity contribution is 6.23. The molecule has 7 nitrogen and oxygen atoms in total. The van der Waals surface area contributed by atoms with E-state index in [1.807, 2.05) is 19.1 Å². The summed E-state index contributed by atoms with van der Waals surface area (Å²) in [5, 5.41) is 0.986. The SMILES string of the molecule is CCc1ccccc1N1C(=O)CC(N(NC(=O)c2ccccc2)C(=O)c2ccccc2)C1=O. The van der Waals surface area contributed by atoms with Gasteiger partial charge in [0.05, 0.1) is 12.1 Å². The number of aryl methyl sites for hydroxylation is 1. The van der Waals surface area contributed by atoms with Gasteiger partial charge in [-0.3, -0.25) is 24.6 Å². The Morgan fingerprint density at radius 2 is 1.45 bits per heavy atom. The number of nitrogens with one attached hydrogen (secondary N) is 1. The molecule has 1 unspecified atom stereocenters. The zero-order chi connectivity index (χ0) is 23.4. The van der Waals surface area contributed by atoms with Crippen LogP contribution in [0.2, 0.25) is 0 Å². The van der Waals surface area contributed by atoms with Crippen molar-refractivity contribution in [1.82, 2.24) is 10.4 Å². The van der Waals surface area contributed by atoms with E-state index in [4.69, 9.17) is 0 Å². The lowest BCUT2D eigenvalue weighted by atomic mass is 10.1. The average molecular weight is 441 g/mol. The monoisotopic (exact) mass is 441 g/mol. The number of hydrazine groups is 1. The van der Waals surface area contributed by atoms with Gasteiger partial charge in [-0.15, -0.1) is 0 Å². The van der Waals surface area contributed by atoms with Crippen LogP contribution in [-0.4, -0.2) is 34.7 Å². The fourth-order valence-electron chi connectivity index (χ4n) is 3.85. The van der Waals surface area contributed by atoms with Gasteiger partial charge in [-0.05, 0) is 42.3 Å². The molecule has 1 aliphatic rings. The van der Waals surface area contributed by atoms with Crippen molar-refractivity contribution in [2.24, 2.45) is 0 Å². The summed E-state index contributed by atoms with van der Waals surface area (Å²) in [5.41, 5.74) is 4.53. The number of nitrogens with zero attached hydrogens (tertiary/aromatic N) is 2. The number of hydrogen-bond acceptors (Lipinski definition) is 4. The Morgan fingerprint density at radius 1 is 0.879 bits per heavy atom. The summed E-state index contributed by atoms with van der Waals surface area (Å²) < 4.78 is 0. The molecule has 1 N–H and O–H groups in total. The first-order valence-electron chi connectivity index (χ1n) is 10.7. The molecule has 1 atom stereocenters. The molecule has 3 aromatic carbocycles. The fraction of sp³-hybridized carbons (Fsp3) is 0.154. The molecule has 3 aromatic rings. The van der Waals surface area contributed by atoms with E-state index in [0.717, 1.165) is 15.5 Å². The van der Waals surface area contributed by atoms with Gasteiger partial charge in [0.15, 0.2) is 0 Å². The predicted octanol–water partition coefficient (Wildman–Crippen LogP) is 3.37. The molecule has 1 fully saturated rings. The Kier molecular flexibility index (Phi) is 6.31. The predicted molar refractivity (Wildman–Crippen MR) is 123 cm³/mol. The van der Waals surface area contributed by atoms with Gasteiger partial charge < -0.3 is 0 Å². The number of carbonyl (C=O) groups excluding carboxylic acids is 4. The first kappa shape index (κ1) is 22.0. The minimum atomic E-state index is -1.16. The molecule has 0 radical (unpaired) electrons. The van der Waals surface area contributed by atoms with Crippen molar-refractivity contribution in [3.05, 3.63) is 102 Å². The minimum Gasteiger partial charge on any atom is -0.274 e. The average Bonchev–Trinajstić information content (AvgIpc) is 3.16. The second-order valence-corrected chi connectivity index (χ2v) is 7.62. The van der Waals surface area contributed by atoms with Gasteiger partial charge in [0.2, 0.25) is 5.91 Å². The second kappa shape index (κ2) is 9.48. The molecular weight excluding hydrogens is 418 g/mol. The van der Waals surface area contributed by atoms with E-state index in [1.54, 1.807) is 72.8 Å². The van der Waals surface area contributed by atoms with Crippen molar-refractivity contribution in [2.75, 3.05) is 4.90 Å². The van der Waals surface area contributed by atoms with Crippen LogP contribution in [0.4, 0.5) is 5.69 Å². The highest BCUT2D eigenvalue weighted by Gasteiger charge is 2.46. The number of rotatable bonds is 5. The van der Waals surface area contributed by atoms with Gasteiger partial charge in [0.25, 0.3) is 17.7 Å². The second-order valence-electron chi connectivity index (χ2n) is 7.62. The van der Waals surface area contributed by atoms with Gasteiger partial charge in [0, 0.05) is 11.1 Å². The van der Waals surface area contributed by atoms with Crippen LogP contribution >= 0.6 is 0 Å². The Morgan fingerprint density at radius 3 is 2.09 bits per heavy atom. The van der Waals surface area contributed by atoms with Crippen LogP contribution in [0.1, 0.15) is 39.6 Å². The quantitative estimate of drug-likeness (QED) is 0.486. The lowest BCUT2D eigenvalue weighted by Crippen LogP contribution is -2.54. The largest absolute Gasteiger partial charge is 0.274 e. The fourth-order valence-corrected chi connectivity index (χ4v) is 3.85. The third-order valence-corrected chi connectivity index (χ3v) is 5.55. The van der Waals surface area contributed by atoms with Crippen molar-refractivity contribution in [2.45, 2.75) is 25.8 Å². The molecule has 0 bridgehead atoms. The van der Waals surface area contributed by atoms with E-state index in [1.165, 1.54) is 0 Å². The van der Waals surface area contributed by atoms with Crippen LogP contribution in [-0.2, 0) is 16.0 Å². The van der Waals surface area contributed by atoms with Crippen LogP contribution in [0.25, 0.3) is 0 Å². The Hall–Kier alpha value is -4.26. The number of hydrogen-bond donors (Lipinski definition) is 1. The van der Waals surface area contributed by atoms with Gasteiger partial charge >= 0.3 is 0 Å². The Bertz CT molecular complexity index is 1190. The van der Waals surface area contributed by atoms with E-state index in [9.17, 15) is 19.2 Å². The molecule has 4 rings (SSSR count). The molecule has 4 amide bonds. The summed E-state index contributed by atoms with van der Waals surface area (Å²) in [5.74, 6) is -2.10. The number of carbonyl (C=O) groups is 4. The van der Waals surface area contributed by atoms with E-state index in [-0.39, 0.29) is 6.42 Å². The van der Waals surface area contributed by atoms with Crippen LogP contribution < -0.4 is 10.3 Å². The Balaban J connectivity index is 1.69. The minimum absolute atomic E-state index is 0.232. The van der Waals surface area contributed by atoms with Crippen molar-refractivity contribution in [3.63, 3.8) is 0 Å². The molecule has 1 heterocycles. The lowest BCUT2D eigenvalue weighted by molar-refractivity contribution is -0.122. The maximum atomic E-state index is 13.4. The van der Waals surface area contributed by atoms with Crippen LogP contribution in [0.3, 0.4) is 0 Å². The maximum absolute atomic E-state index is 13.4. The van der Waals surface area contributed by atoms with E-state index in [2.05, 4.69) is 5.43 Å². The van der Waals surface area contributed by atoms with Crippen molar-refractivity contribution in [3.8, 4) is 0 Å². The van der Waals surface area contributed by atoms with Gasteiger partial charge in [-0.1, -0.05) is 61.5 Å². The molecule has 1 aliphatic heterocycles. The highest BCUT2D eigenvalue weighted by Crippen LogP contribution is 2.29. The first-order valence-corrected chi connectivity index (χ1v) is 10.7.